The lowest BCUT2D eigenvalue weighted by molar-refractivity contribution is -0.288. The molecule has 1 fully saturated rings. The summed E-state index contributed by atoms with van der Waals surface area (Å²) in [6.45, 7) is 1.77. The molecule has 1 saturated heterocycles. The summed E-state index contributed by atoms with van der Waals surface area (Å²) >= 11 is 0. The summed E-state index contributed by atoms with van der Waals surface area (Å²) in [4.78, 5) is 25.4. The van der Waals surface area contributed by atoms with E-state index in [1.807, 2.05) is 0 Å². The molecule has 41 heavy (non-hydrogen) atoms. The van der Waals surface area contributed by atoms with Gasteiger partial charge in [-0.25, -0.2) is 4.79 Å². The maximum atomic E-state index is 12.7. The van der Waals surface area contributed by atoms with Gasteiger partial charge in [-0.15, -0.1) is 13.2 Å². The number of methoxy groups -OCH3 is 3. The summed E-state index contributed by atoms with van der Waals surface area (Å²) in [6, 6.07) is 9.31. The van der Waals surface area contributed by atoms with Gasteiger partial charge < -0.3 is 33.7 Å². The van der Waals surface area contributed by atoms with Gasteiger partial charge in [0.2, 0.25) is 6.29 Å². The van der Waals surface area contributed by atoms with Gasteiger partial charge in [0.25, 0.3) is 5.91 Å². The van der Waals surface area contributed by atoms with Crippen LogP contribution in [0.1, 0.15) is 17.3 Å². The first-order valence-electron chi connectivity index (χ1n) is 12.3. The number of nitrogens with zero attached hydrogens (tertiary/aromatic N) is 2. The number of aromatic nitrogens is 2. The molecule has 1 aromatic heterocycles. The minimum absolute atomic E-state index is 0.0977. The first-order chi connectivity index (χ1) is 19.4. The summed E-state index contributed by atoms with van der Waals surface area (Å²) in [6.07, 6.45) is -8.87. The van der Waals surface area contributed by atoms with Crippen LogP contribution in [0.25, 0.3) is 10.9 Å². The van der Waals surface area contributed by atoms with E-state index < -0.39 is 54.8 Å². The van der Waals surface area contributed by atoms with Gasteiger partial charge in [0.15, 0.2) is 5.82 Å². The molecule has 0 unspecified atom stereocenters. The van der Waals surface area contributed by atoms with Gasteiger partial charge in [0, 0.05) is 45.0 Å². The van der Waals surface area contributed by atoms with Crippen LogP contribution in [0.3, 0.4) is 0 Å². The molecule has 2 heterocycles. The highest BCUT2D eigenvalue weighted by atomic mass is 19.4. The van der Waals surface area contributed by atoms with Crippen molar-refractivity contribution in [2.45, 2.75) is 44.0 Å². The summed E-state index contributed by atoms with van der Waals surface area (Å²) in [5, 5.41) is 10.1. The van der Waals surface area contributed by atoms with Crippen LogP contribution in [0.2, 0.25) is 0 Å². The fraction of sp³-hybridized carbons (Fsp3) is 0.423. The monoisotopic (exact) mass is 582 g/mol. The van der Waals surface area contributed by atoms with Crippen molar-refractivity contribution in [1.82, 2.24) is 9.78 Å². The van der Waals surface area contributed by atoms with Gasteiger partial charge in [0.05, 0.1) is 11.6 Å². The van der Waals surface area contributed by atoms with Gasteiger partial charge >= 0.3 is 12.5 Å². The number of hydrogen-bond donors (Lipinski definition) is 2. The molecule has 4 rings (SSSR count). The van der Waals surface area contributed by atoms with Crippen molar-refractivity contribution in [3.63, 3.8) is 0 Å². The molecule has 3 aromatic rings. The number of benzene rings is 2. The Hall–Kier alpha value is -3.92. The van der Waals surface area contributed by atoms with E-state index >= 15 is 0 Å². The lowest BCUT2D eigenvalue weighted by atomic mass is 9.99. The predicted octanol–water partition coefficient (Wildman–Crippen LogP) is 4.06. The summed E-state index contributed by atoms with van der Waals surface area (Å²) in [5.74, 6) is -0.826. The minimum atomic E-state index is -4.84. The van der Waals surface area contributed by atoms with Gasteiger partial charge in [-0.3, -0.25) is 14.8 Å². The smallest absolute Gasteiger partial charge is 0.416 e. The van der Waals surface area contributed by atoms with Gasteiger partial charge in [0.1, 0.15) is 24.1 Å². The van der Waals surface area contributed by atoms with Crippen molar-refractivity contribution in [1.29, 1.82) is 0 Å². The summed E-state index contributed by atoms with van der Waals surface area (Å²) in [7, 11) is 6.11. The highest BCUT2D eigenvalue weighted by Gasteiger charge is 2.47. The Kier molecular flexibility index (Phi) is 9.01. The van der Waals surface area contributed by atoms with Crippen LogP contribution in [0.4, 0.5) is 29.5 Å². The molecule has 15 heteroatoms. The predicted molar refractivity (Wildman–Crippen MR) is 139 cm³/mol. The molecule has 5 atom stereocenters. The number of amides is 2. The molecule has 2 N–H and O–H groups in total. The number of nitrogens with one attached hydrogen (secondary N) is 2. The molecule has 222 valence electrons. The molecule has 1 aliphatic rings. The molecular weight excluding hydrogens is 553 g/mol. The van der Waals surface area contributed by atoms with Crippen molar-refractivity contribution in [3.8, 4) is 5.75 Å². The third kappa shape index (κ3) is 6.87. The molecule has 0 aliphatic carbocycles. The number of hydrogen-bond acceptors (Lipinski definition) is 9. The molecular formula is C26H29F3N4O8. The standard InChI is InChI=1S/C26H29F3N4O8/c1-13-19(36-3)20(37-4)21(38-5)24(39-13)40-25(35)30-15-8-11-17-18(12-15)33(2)32-22(17)31-23(34)14-6-9-16(10-7-14)41-26(27,28)29/h6-13,19-21,24H,1-5H3,(H,30,35)(H,31,32,34)/t13-,19-,20+,21+,24-/m0/s1. The fourth-order valence-electron chi connectivity index (χ4n) is 4.58. The van der Waals surface area contributed by atoms with Crippen LogP contribution in [0.15, 0.2) is 42.5 Å². The number of halogens is 3. The van der Waals surface area contributed by atoms with Crippen molar-refractivity contribution in [2.24, 2.45) is 7.05 Å². The lowest BCUT2D eigenvalue weighted by Gasteiger charge is -2.43. The SMILES string of the molecule is CO[C@@H]1[C@@H](OC)[C@H](C)O[C@@H](OC(=O)Nc2ccc3c(NC(=O)c4ccc(OC(F)(F)F)cc4)nn(C)c3c2)[C@@H]1OC. The van der Waals surface area contributed by atoms with Crippen LogP contribution in [-0.2, 0) is 30.7 Å². The number of alkyl halides is 3. The highest BCUT2D eigenvalue weighted by molar-refractivity contribution is 6.08. The fourth-order valence-corrected chi connectivity index (χ4v) is 4.58. The van der Waals surface area contributed by atoms with Crippen LogP contribution >= 0.6 is 0 Å². The van der Waals surface area contributed by atoms with Crippen molar-refractivity contribution >= 4 is 34.4 Å². The second kappa shape index (κ2) is 12.3. The Labute approximate surface area is 232 Å². The van der Waals surface area contributed by atoms with Crippen LogP contribution < -0.4 is 15.4 Å². The van der Waals surface area contributed by atoms with E-state index in [1.54, 1.807) is 32.2 Å². The number of fused-ring (bicyclic) bond motifs is 1. The lowest BCUT2D eigenvalue weighted by Crippen LogP contribution is -2.59. The first-order valence-corrected chi connectivity index (χ1v) is 12.3. The molecule has 0 bridgehead atoms. The number of aryl methyl sites for hydroxylation is 1. The maximum Gasteiger partial charge on any atom is 0.573 e. The summed E-state index contributed by atoms with van der Waals surface area (Å²) in [5.41, 5.74) is 1.03. The molecule has 12 nitrogen and oxygen atoms in total. The van der Waals surface area contributed by atoms with E-state index in [2.05, 4.69) is 20.5 Å². The van der Waals surface area contributed by atoms with E-state index in [0.29, 0.717) is 16.6 Å². The van der Waals surface area contributed by atoms with Gasteiger partial charge in [-0.1, -0.05) is 0 Å². The molecule has 1 aliphatic heterocycles. The molecule has 2 aromatic carbocycles. The van der Waals surface area contributed by atoms with E-state index in [4.69, 9.17) is 23.7 Å². The molecule has 0 saturated carbocycles. The number of carbonyl (C=O) groups is 2. The van der Waals surface area contributed by atoms with Crippen molar-refractivity contribution in [3.05, 3.63) is 48.0 Å². The Balaban J connectivity index is 1.43. The van der Waals surface area contributed by atoms with Gasteiger partial charge in [-0.2, -0.15) is 5.10 Å². The largest absolute Gasteiger partial charge is 0.573 e. The van der Waals surface area contributed by atoms with Gasteiger partial charge in [-0.05, 0) is 49.4 Å². The average Bonchev–Trinajstić information content (AvgIpc) is 3.21. The maximum absolute atomic E-state index is 12.7. The highest BCUT2D eigenvalue weighted by Crippen LogP contribution is 2.29. The summed E-state index contributed by atoms with van der Waals surface area (Å²) < 4.78 is 70.2. The third-order valence-electron chi connectivity index (χ3n) is 6.45. The molecule has 2 amide bonds. The van der Waals surface area contributed by atoms with Crippen molar-refractivity contribution < 1.29 is 51.2 Å². The van der Waals surface area contributed by atoms with E-state index in [-0.39, 0.29) is 11.4 Å². The topological polar surface area (TPSA) is 131 Å². The Morgan fingerprint density at radius 1 is 0.951 bits per heavy atom. The minimum Gasteiger partial charge on any atom is -0.416 e. The Bertz CT molecular complexity index is 1380. The Morgan fingerprint density at radius 2 is 1.61 bits per heavy atom. The second-order valence-corrected chi connectivity index (χ2v) is 9.07. The van der Waals surface area contributed by atoms with E-state index in [9.17, 15) is 22.8 Å². The normalized spacial score (nSPS) is 22.8. The average molecular weight is 583 g/mol. The van der Waals surface area contributed by atoms with Crippen LogP contribution in [0, 0.1) is 0 Å². The second-order valence-electron chi connectivity index (χ2n) is 9.07. The number of ether oxygens (including phenoxy) is 6. The third-order valence-corrected chi connectivity index (χ3v) is 6.45. The van der Waals surface area contributed by atoms with E-state index in [1.165, 1.54) is 38.1 Å². The Morgan fingerprint density at radius 3 is 2.22 bits per heavy atom. The zero-order valence-corrected chi connectivity index (χ0v) is 22.7. The quantitative estimate of drug-likeness (QED) is 0.404. The van der Waals surface area contributed by atoms with Crippen molar-refractivity contribution in [2.75, 3.05) is 32.0 Å². The zero-order chi connectivity index (χ0) is 29.9. The first kappa shape index (κ1) is 30.0. The number of carbonyl (C=O) groups excluding carboxylic acids is 2. The number of anilines is 2. The van der Waals surface area contributed by atoms with E-state index in [0.717, 1.165) is 12.1 Å². The molecule has 0 radical (unpaired) electrons. The zero-order valence-electron chi connectivity index (χ0n) is 22.7. The van der Waals surface area contributed by atoms with Crippen LogP contribution in [0.5, 0.6) is 5.75 Å². The molecule has 0 spiro atoms. The number of rotatable bonds is 8. The van der Waals surface area contributed by atoms with Crippen LogP contribution in [-0.4, -0.2) is 80.2 Å².